The van der Waals surface area contributed by atoms with Crippen molar-refractivity contribution in [3.8, 4) is 11.5 Å². The van der Waals surface area contributed by atoms with Crippen LogP contribution in [0.2, 0.25) is 0 Å². The number of likely N-dealkylation sites (N-methyl/N-ethyl adjacent to an activating group) is 1. The standard InChI is InChI=1S/C24H26F3N3O8/c1-29(2)11-7-12(38-24(25,26)27)17(31)14-9(11)5-8-6-10-16(30(3)4)19(33)15(22(28)36)21(35)23(10,37)20(34)13(8)18(14)32/h7-8,10,16,31-32,35,37H,5-6H2,1-4H3,(H2,28,36)/t8-,10-,16-,23-/m0/s1. The molecule has 0 aromatic heterocycles. The van der Waals surface area contributed by atoms with Crippen molar-refractivity contribution >= 4 is 28.9 Å². The average molecular weight is 541 g/mol. The third-order valence-electron chi connectivity index (χ3n) is 7.37. The van der Waals surface area contributed by atoms with E-state index in [2.05, 4.69) is 4.74 Å². The Hall–Kier alpha value is -3.78. The monoisotopic (exact) mass is 541 g/mol. The Morgan fingerprint density at radius 1 is 1.16 bits per heavy atom. The van der Waals surface area contributed by atoms with Crippen molar-refractivity contribution in [2.24, 2.45) is 17.6 Å². The number of Topliss-reactive ketones (excluding diaryl/α,β-unsaturated/α-hetero) is 2. The molecule has 0 aliphatic heterocycles. The number of nitrogens with two attached hydrogens (primary N) is 1. The van der Waals surface area contributed by atoms with Crippen molar-refractivity contribution in [1.29, 1.82) is 0 Å². The second kappa shape index (κ2) is 8.63. The molecule has 6 N–H and O–H groups in total. The van der Waals surface area contributed by atoms with Crippen LogP contribution in [0.5, 0.6) is 11.5 Å². The minimum absolute atomic E-state index is 0.0814. The van der Waals surface area contributed by atoms with Gasteiger partial charge in [0.25, 0.3) is 5.91 Å². The predicted molar refractivity (Wildman–Crippen MR) is 125 cm³/mol. The van der Waals surface area contributed by atoms with Crippen LogP contribution < -0.4 is 15.4 Å². The van der Waals surface area contributed by atoms with Crippen molar-refractivity contribution in [3.63, 3.8) is 0 Å². The van der Waals surface area contributed by atoms with Gasteiger partial charge in [0.05, 0.1) is 11.6 Å². The first-order chi connectivity index (χ1) is 17.4. The molecule has 0 unspecified atom stereocenters. The van der Waals surface area contributed by atoms with Gasteiger partial charge < -0.3 is 35.8 Å². The van der Waals surface area contributed by atoms with Crippen molar-refractivity contribution in [1.82, 2.24) is 4.90 Å². The van der Waals surface area contributed by atoms with Gasteiger partial charge in [-0.25, -0.2) is 0 Å². The van der Waals surface area contributed by atoms with Crippen LogP contribution in [0.3, 0.4) is 0 Å². The zero-order valence-corrected chi connectivity index (χ0v) is 20.8. The molecule has 1 saturated carbocycles. The summed E-state index contributed by atoms with van der Waals surface area (Å²) in [6.45, 7) is 0. The van der Waals surface area contributed by atoms with Crippen LogP contribution in [-0.4, -0.2) is 89.0 Å². The molecule has 0 spiro atoms. The van der Waals surface area contributed by atoms with Crippen LogP contribution in [-0.2, 0) is 20.8 Å². The van der Waals surface area contributed by atoms with Gasteiger partial charge in [0.15, 0.2) is 22.9 Å². The number of aromatic hydroxyl groups is 1. The lowest BCUT2D eigenvalue weighted by atomic mass is 9.57. The molecular weight excluding hydrogens is 515 g/mol. The number of aliphatic hydroxyl groups is 3. The first-order valence-corrected chi connectivity index (χ1v) is 11.4. The number of aliphatic hydroxyl groups excluding tert-OH is 2. The average Bonchev–Trinajstić information content (AvgIpc) is 2.76. The number of anilines is 1. The van der Waals surface area contributed by atoms with Crippen molar-refractivity contribution < 1.29 is 52.7 Å². The zero-order chi connectivity index (χ0) is 28.6. The number of hydrogen-bond acceptors (Lipinski definition) is 10. The van der Waals surface area contributed by atoms with Gasteiger partial charge in [0.1, 0.15) is 17.1 Å². The van der Waals surface area contributed by atoms with Gasteiger partial charge in [-0.05, 0) is 38.4 Å². The maximum Gasteiger partial charge on any atom is 0.573 e. The Balaban J connectivity index is 2.00. The van der Waals surface area contributed by atoms with Gasteiger partial charge in [0.2, 0.25) is 5.78 Å². The summed E-state index contributed by atoms with van der Waals surface area (Å²) in [5.74, 6) is -9.99. The molecule has 3 aliphatic rings. The number of benzene rings is 1. The SMILES string of the molecule is CN(C)c1cc(OC(F)(F)F)c(O)c2c1C[C@H]1C[C@H]3[C@H](N(C)C)C(=O)C(C(N)=O)=C(O)[C@@]3(O)C(=O)C1=C2O. The lowest BCUT2D eigenvalue weighted by Crippen LogP contribution is -2.65. The minimum atomic E-state index is -5.18. The predicted octanol–water partition coefficient (Wildman–Crippen LogP) is 0.929. The van der Waals surface area contributed by atoms with Crippen LogP contribution >= 0.6 is 0 Å². The zero-order valence-electron chi connectivity index (χ0n) is 20.8. The molecule has 11 nitrogen and oxygen atoms in total. The number of carbonyl (C=O) groups is 3. The number of hydrogen-bond donors (Lipinski definition) is 5. The molecule has 3 aliphatic carbocycles. The number of ketones is 2. The third-order valence-corrected chi connectivity index (χ3v) is 7.37. The van der Waals surface area contributed by atoms with E-state index in [1.807, 2.05) is 0 Å². The Morgan fingerprint density at radius 2 is 1.76 bits per heavy atom. The molecular formula is C24H26F3N3O8. The Morgan fingerprint density at radius 3 is 2.26 bits per heavy atom. The van der Waals surface area contributed by atoms with E-state index in [0.717, 1.165) is 6.07 Å². The fourth-order valence-corrected chi connectivity index (χ4v) is 5.87. The normalized spacial score (nSPS) is 27.2. The number of phenols is 1. The highest BCUT2D eigenvalue weighted by atomic mass is 19.4. The smallest absolute Gasteiger partial charge is 0.508 e. The van der Waals surface area contributed by atoms with E-state index in [-0.39, 0.29) is 24.1 Å². The molecule has 14 heteroatoms. The van der Waals surface area contributed by atoms with Gasteiger partial charge in [-0.1, -0.05) is 0 Å². The highest BCUT2D eigenvalue weighted by Crippen LogP contribution is 2.55. The number of fused-ring (bicyclic) bond motifs is 3. The van der Waals surface area contributed by atoms with Gasteiger partial charge >= 0.3 is 6.36 Å². The molecule has 0 saturated heterocycles. The van der Waals surface area contributed by atoms with Crippen LogP contribution in [0.4, 0.5) is 18.9 Å². The number of primary amides is 1. The van der Waals surface area contributed by atoms with E-state index in [0.29, 0.717) is 0 Å². The maximum absolute atomic E-state index is 13.8. The maximum atomic E-state index is 13.8. The summed E-state index contributed by atoms with van der Waals surface area (Å²) in [7, 11) is 5.97. The number of phenolic OH excluding ortho intramolecular Hbond substituents is 1. The number of ether oxygens (including phenoxy) is 1. The lowest BCUT2D eigenvalue weighted by Gasteiger charge is -2.50. The fourth-order valence-electron chi connectivity index (χ4n) is 5.87. The highest BCUT2D eigenvalue weighted by molar-refractivity contribution is 6.24. The Kier molecular flexibility index (Phi) is 6.19. The van der Waals surface area contributed by atoms with E-state index >= 15 is 0 Å². The lowest BCUT2D eigenvalue weighted by molar-refractivity contribution is -0.275. The second-order valence-corrected chi connectivity index (χ2v) is 10.00. The summed E-state index contributed by atoms with van der Waals surface area (Å²) in [5, 5.41) is 44.3. The van der Waals surface area contributed by atoms with Gasteiger partial charge in [-0.2, -0.15) is 0 Å². The molecule has 38 heavy (non-hydrogen) atoms. The molecule has 1 amide bonds. The van der Waals surface area contributed by atoms with Crippen LogP contribution in [0.25, 0.3) is 5.76 Å². The van der Waals surface area contributed by atoms with Crippen molar-refractivity contribution in [3.05, 3.63) is 34.1 Å². The molecule has 0 bridgehead atoms. The van der Waals surface area contributed by atoms with Crippen molar-refractivity contribution in [2.75, 3.05) is 33.1 Å². The third kappa shape index (κ3) is 3.77. The molecule has 0 radical (unpaired) electrons. The first kappa shape index (κ1) is 27.3. The van der Waals surface area contributed by atoms with Crippen LogP contribution in [0.15, 0.2) is 23.0 Å². The van der Waals surface area contributed by atoms with Gasteiger partial charge in [-0.15, -0.1) is 13.2 Å². The molecule has 4 rings (SSSR count). The molecule has 4 atom stereocenters. The molecule has 1 aromatic rings. The van der Waals surface area contributed by atoms with Crippen LogP contribution in [0.1, 0.15) is 17.5 Å². The van der Waals surface area contributed by atoms with Gasteiger partial charge in [-0.3, -0.25) is 19.3 Å². The number of amides is 1. The largest absolute Gasteiger partial charge is 0.573 e. The first-order valence-electron chi connectivity index (χ1n) is 11.4. The summed E-state index contributed by atoms with van der Waals surface area (Å²) in [5.41, 5.74) is 0.804. The molecule has 206 valence electrons. The topological polar surface area (TPSA) is 174 Å². The quantitative estimate of drug-likeness (QED) is 0.345. The van der Waals surface area contributed by atoms with Crippen LogP contribution in [0, 0.1) is 11.8 Å². The number of alkyl halides is 3. The minimum Gasteiger partial charge on any atom is -0.508 e. The Bertz CT molecular complexity index is 1330. The van der Waals surface area contributed by atoms with E-state index in [1.165, 1.54) is 38.0 Å². The summed E-state index contributed by atoms with van der Waals surface area (Å²) in [6.07, 6.45) is -5.42. The summed E-state index contributed by atoms with van der Waals surface area (Å²) < 4.78 is 43.0. The van der Waals surface area contributed by atoms with E-state index < -0.39 is 87.0 Å². The summed E-state index contributed by atoms with van der Waals surface area (Å²) in [4.78, 5) is 41.7. The Labute approximate surface area is 214 Å². The van der Waals surface area contributed by atoms with E-state index in [1.54, 1.807) is 0 Å². The van der Waals surface area contributed by atoms with E-state index in [9.17, 15) is 48.0 Å². The number of nitrogens with zero attached hydrogens (tertiary/aromatic N) is 2. The molecule has 0 heterocycles. The fraction of sp³-hybridized carbons (Fsp3) is 0.458. The van der Waals surface area contributed by atoms with Crippen molar-refractivity contribution in [2.45, 2.75) is 30.8 Å². The number of rotatable bonds is 4. The highest BCUT2D eigenvalue weighted by Gasteiger charge is 2.64. The number of halogens is 3. The number of carbonyl (C=O) groups excluding carboxylic acids is 3. The molecule has 1 fully saturated rings. The summed E-state index contributed by atoms with van der Waals surface area (Å²) >= 11 is 0. The second-order valence-electron chi connectivity index (χ2n) is 10.00. The molecule has 1 aromatic carbocycles. The van der Waals surface area contributed by atoms with E-state index in [4.69, 9.17) is 5.73 Å². The van der Waals surface area contributed by atoms with Gasteiger partial charge in [0, 0.05) is 37.3 Å². The summed E-state index contributed by atoms with van der Waals surface area (Å²) in [6, 6.07) is -0.307.